The minimum atomic E-state index is -0.838. The zero-order chi connectivity index (χ0) is 18.8. The van der Waals surface area contributed by atoms with E-state index in [-0.39, 0.29) is 23.1 Å². The second-order valence-electron chi connectivity index (χ2n) is 5.66. The monoisotopic (exact) mass is 401 g/mol. The van der Waals surface area contributed by atoms with Crippen LogP contribution >= 0.6 is 23.2 Å². The molecule has 0 fully saturated rings. The van der Waals surface area contributed by atoms with Gasteiger partial charge >= 0.3 is 0 Å². The third-order valence-electron chi connectivity index (χ3n) is 4.06. The molecule has 2 heterocycles. The molecule has 26 heavy (non-hydrogen) atoms. The third-order valence-corrected chi connectivity index (χ3v) is 4.48. The fourth-order valence-electron chi connectivity index (χ4n) is 2.76. The molecule has 5 nitrogen and oxygen atoms in total. The molecule has 136 valence electrons. The van der Waals surface area contributed by atoms with Crippen molar-refractivity contribution in [1.29, 1.82) is 0 Å². The smallest absolute Gasteiger partial charge is 0.224 e. The lowest BCUT2D eigenvalue weighted by molar-refractivity contribution is 0.424. The average molecular weight is 402 g/mol. The minimum absolute atomic E-state index is 0.0659. The second kappa shape index (κ2) is 7.59. The Morgan fingerprint density at radius 3 is 2.58 bits per heavy atom. The van der Waals surface area contributed by atoms with Gasteiger partial charge in [-0.15, -0.1) is 0 Å². The van der Waals surface area contributed by atoms with Crippen molar-refractivity contribution in [3.05, 3.63) is 70.0 Å². The molecule has 2 aromatic heterocycles. The van der Waals surface area contributed by atoms with E-state index in [4.69, 9.17) is 23.2 Å². The van der Waals surface area contributed by atoms with E-state index in [2.05, 4.69) is 20.1 Å². The Morgan fingerprint density at radius 2 is 1.92 bits per heavy atom. The normalized spacial score (nSPS) is 13.6. The van der Waals surface area contributed by atoms with Crippen molar-refractivity contribution in [1.82, 2.24) is 24.7 Å². The Balaban J connectivity index is 2.08. The summed E-state index contributed by atoms with van der Waals surface area (Å²) in [7, 11) is 0. The first-order valence-corrected chi connectivity index (χ1v) is 8.28. The largest absolute Gasteiger partial charge is 0.252 e. The molecule has 10 heteroatoms. The number of hydrogen-bond acceptors (Lipinski definition) is 4. The van der Waals surface area contributed by atoms with Gasteiger partial charge in [-0.3, -0.25) is 4.68 Å². The molecule has 0 aliphatic carbocycles. The lowest BCUT2D eigenvalue weighted by atomic mass is 9.84. The van der Waals surface area contributed by atoms with Crippen molar-refractivity contribution in [3.8, 4) is 0 Å². The van der Waals surface area contributed by atoms with Crippen molar-refractivity contribution in [2.24, 2.45) is 0 Å². The number of benzene rings is 1. The van der Waals surface area contributed by atoms with Gasteiger partial charge in [0, 0.05) is 17.9 Å². The molecule has 2 unspecified atom stereocenters. The molecule has 3 rings (SSSR count). The van der Waals surface area contributed by atoms with E-state index in [1.54, 1.807) is 6.92 Å². The van der Waals surface area contributed by atoms with E-state index < -0.39 is 34.4 Å². The van der Waals surface area contributed by atoms with Crippen molar-refractivity contribution in [3.63, 3.8) is 0 Å². The number of aromatic nitrogens is 5. The number of halogens is 5. The standard InChI is InChI=1S/C16H12Cl2F3N5/c1-8(14-13(21)15(17)25-16(18)24-14)11(5-26-7-22-6-23-26)10-3-2-9(19)4-12(10)20/h2-4,6-8,11H,5H2,1H3. The molecule has 0 saturated carbocycles. The van der Waals surface area contributed by atoms with Gasteiger partial charge in [0.25, 0.3) is 0 Å². The number of hydrogen-bond donors (Lipinski definition) is 0. The van der Waals surface area contributed by atoms with Crippen LogP contribution in [0.15, 0.2) is 30.9 Å². The van der Waals surface area contributed by atoms with E-state index in [9.17, 15) is 13.2 Å². The van der Waals surface area contributed by atoms with Crippen LogP contribution in [0.2, 0.25) is 10.4 Å². The van der Waals surface area contributed by atoms with Crippen molar-refractivity contribution < 1.29 is 13.2 Å². The Morgan fingerprint density at radius 1 is 1.15 bits per heavy atom. The fourth-order valence-corrected chi connectivity index (χ4v) is 3.15. The summed E-state index contributed by atoms with van der Waals surface area (Å²) < 4.78 is 43.6. The Bertz CT molecular complexity index is 920. The predicted octanol–water partition coefficient (Wildman–Crippen LogP) is 4.38. The molecule has 0 N–H and O–H groups in total. The maximum absolute atomic E-state index is 14.4. The van der Waals surface area contributed by atoms with Crippen molar-refractivity contribution >= 4 is 23.2 Å². The third kappa shape index (κ3) is 3.81. The summed E-state index contributed by atoms with van der Waals surface area (Å²) in [6.07, 6.45) is 2.76. The summed E-state index contributed by atoms with van der Waals surface area (Å²) in [6.45, 7) is 1.80. The quantitative estimate of drug-likeness (QED) is 0.470. The maximum Gasteiger partial charge on any atom is 0.224 e. The molecule has 0 spiro atoms. The van der Waals surface area contributed by atoms with Crippen LogP contribution < -0.4 is 0 Å². The summed E-state index contributed by atoms with van der Waals surface area (Å²) in [4.78, 5) is 11.3. The Hall–Kier alpha value is -2.19. The fraction of sp³-hybridized carbons (Fsp3) is 0.250. The summed E-state index contributed by atoms with van der Waals surface area (Å²) in [6, 6.07) is 3.22. The van der Waals surface area contributed by atoms with Gasteiger partial charge in [-0.05, 0) is 23.2 Å². The average Bonchev–Trinajstić information content (AvgIpc) is 3.09. The lowest BCUT2D eigenvalue weighted by Crippen LogP contribution is -2.19. The molecule has 2 atom stereocenters. The molecule has 0 aliphatic heterocycles. The summed E-state index contributed by atoms with van der Waals surface area (Å²) in [5, 5.41) is 3.34. The maximum atomic E-state index is 14.4. The second-order valence-corrected chi connectivity index (χ2v) is 6.36. The predicted molar refractivity (Wildman–Crippen MR) is 89.5 cm³/mol. The van der Waals surface area contributed by atoms with E-state index in [0.717, 1.165) is 12.1 Å². The Labute approximate surface area is 156 Å². The molecule has 3 aromatic rings. The highest BCUT2D eigenvalue weighted by molar-refractivity contribution is 6.31. The highest BCUT2D eigenvalue weighted by Crippen LogP contribution is 2.37. The molecule has 0 radical (unpaired) electrons. The van der Waals surface area contributed by atoms with Gasteiger partial charge in [-0.25, -0.2) is 28.1 Å². The van der Waals surface area contributed by atoms with Crippen LogP contribution in [0.5, 0.6) is 0 Å². The minimum Gasteiger partial charge on any atom is -0.252 e. The van der Waals surface area contributed by atoms with Gasteiger partial charge in [-0.1, -0.05) is 24.6 Å². The van der Waals surface area contributed by atoms with E-state index in [1.807, 2.05) is 0 Å². The van der Waals surface area contributed by atoms with Crippen molar-refractivity contribution in [2.45, 2.75) is 25.3 Å². The van der Waals surface area contributed by atoms with Crippen LogP contribution in [-0.4, -0.2) is 24.7 Å². The van der Waals surface area contributed by atoms with Crippen LogP contribution in [0.25, 0.3) is 0 Å². The zero-order valence-corrected chi connectivity index (χ0v) is 14.9. The first kappa shape index (κ1) is 18.6. The highest BCUT2D eigenvalue weighted by atomic mass is 35.5. The first-order valence-electron chi connectivity index (χ1n) is 7.52. The lowest BCUT2D eigenvalue weighted by Gasteiger charge is -2.25. The molecular weight excluding hydrogens is 390 g/mol. The van der Waals surface area contributed by atoms with Crippen LogP contribution in [0, 0.1) is 17.5 Å². The Kier molecular flexibility index (Phi) is 5.43. The summed E-state index contributed by atoms with van der Waals surface area (Å²) >= 11 is 11.5. The molecule has 0 saturated heterocycles. The van der Waals surface area contributed by atoms with Gasteiger partial charge in [0.05, 0.1) is 12.2 Å². The molecule has 0 aliphatic rings. The van der Waals surface area contributed by atoms with E-state index in [1.165, 1.54) is 23.4 Å². The number of nitrogens with zero attached hydrogens (tertiary/aromatic N) is 5. The number of rotatable bonds is 5. The van der Waals surface area contributed by atoms with Crippen LogP contribution in [0.1, 0.15) is 30.0 Å². The van der Waals surface area contributed by atoms with Gasteiger partial charge < -0.3 is 0 Å². The van der Waals surface area contributed by atoms with E-state index >= 15 is 0 Å². The van der Waals surface area contributed by atoms with Gasteiger partial charge in [0.2, 0.25) is 5.28 Å². The van der Waals surface area contributed by atoms with Crippen LogP contribution in [0.4, 0.5) is 13.2 Å². The highest BCUT2D eigenvalue weighted by Gasteiger charge is 2.29. The summed E-state index contributed by atoms with van der Waals surface area (Å²) in [5.41, 5.74) is 0.114. The van der Waals surface area contributed by atoms with Gasteiger partial charge in [0.1, 0.15) is 24.3 Å². The topological polar surface area (TPSA) is 56.5 Å². The van der Waals surface area contributed by atoms with Crippen LogP contribution in [0.3, 0.4) is 0 Å². The van der Waals surface area contributed by atoms with Gasteiger partial charge in [-0.2, -0.15) is 5.10 Å². The summed E-state index contributed by atoms with van der Waals surface area (Å²) in [5.74, 6) is -3.62. The molecule has 0 amide bonds. The van der Waals surface area contributed by atoms with Crippen molar-refractivity contribution in [2.75, 3.05) is 0 Å². The van der Waals surface area contributed by atoms with Crippen LogP contribution in [-0.2, 0) is 6.54 Å². The SMILES string of the molecule is CC(c1nc(Cl)nc(Cl)c1F)C(Cn1cncn1)c1ccc(F)cc1F. The first-order chi connectivity index (χ1) is 12.4. The molecule has 1 aromatic carbocycles. The van der Waals surface area contributed by atoms with E-state index in [0.29, 0.717) is 0 Å². The van der Waals surface area contributed by atoms with Gasteiger partial charge in [0.15, 0.2) is 11.0 Å². The zero-order valence-electron chi connectivity index (χ0n) is 13.4. The molecule has 0 bridgehead atoms. The molecular formula is C16H12Cl2F3N5.